The molecule has 114 valence electrons. The standard InChI is InChI=1S/C16H18N4O2/c1-17-15(21)10-20-9-12(8-18-20)19-16(22)14-7-13(14)11-5-3-2-4-6-11/h2-6,8-9,13-14H,7,10H2,1H3,(H,17,21)(H,19,22)/t13-,14+/m0/s1. The molecule has 0 saturated heterocycles. The first kappa shape index (κ1) is 14.3. The molecule has 2 amide bonds. The highest BCUT2D eigenvalue weighted by atomic mass is 16.2. The Morgan fingerprint density at radius 2 is 2.09 bits per heavy atom. The van der Waals surface area contributed by atoms with Gasteiger partial charge >= 0.3 is 0 Å². The summed E-state index contributed by atoms with van der Waals surface area (Å²) in [5.41, 5.74) is 1.82. The van der Waals surface area contributed by atoms with E-state index in [4.69, 9.17) is 0 Å². The average molecular weight is 298 g/mol. The van der Waals surface area contributed by atoms with Crippen molar-refractivity contribution in [2.75, 3.05) is 12.4 Å². The van der Waals surface area contributed by atoms with Crippen LogP contribution in [-0.2, 0) is 16.1 Å². The van der Waals surface area contributed by atoms with Gasteiger partial charge in [-0.05, 0) is 17.9 Å². The number of nitrogens with zero attached hydrogens (tertiary/aromatic N) is 2. The van der Waals surface area contributed by atoms with E-state index < -0.39 is 0 Å². The predicted octanol–water partition coefficient (Wildman–Crippen LogP) is 1.37. The minimum absolute atomic E-state index is 0.00773. The van der Waals surface area contributed by atoms with Crippen LogP contribution in [0.5, 0.6) is 0 Å². The summed E-state index contributed by atoms with van der Waals surface area (Å²) in [7, 11) is 1.57. The Kier molecular flexibility index (Phi) is 3.91. The van der Waals surface area contributed by atoms with Crippen molar-refractivity contribution in [1.82, 2.24) is 15.1 Å². The number of nitrogens with one attached hydrogen (secondary N) is 2. The predicted molar refractivity (Wildman–Crippen MR) is 82.2 cm³/mol. The van der Waals surface area contributed by atoms with Crippen molar-refractivity contribution in [3.63, 3.8) is 0 Å². The monoisotopic (exact) mass is 298 g/mol. The fourth-order valence-electron chi connectivity index (χ4n) is 2.53. The maximum absolute atomic E-state index is 12.2. The van der Waals surface area contributed by atoms with Crippen LogP contribution in [0.1, 0.15) is 17.9 Å². The summed E-state index contributed by atoms with van der Waals surface area (Å²) in [4.78, 5) is 23.5. The molecule has 0 spiro atoms. The zero-order chi connectivity index (χ0) is 15.5. The second-order valence-corrected chi connectivity index (χ2v) is 5.45. The van der Waals surface area contributed by atoms with Crippen LogP contribution < -0.4 is 10.6 Å². The van der Waals surface area contributed by atoms with Crippen LogP contribution in [0.25, 0.3) is 0 Å². The molecule has 0 aliphatic heterocycles. The van der Waals surface area contributed by atoms with Gasteiger partial charge in [0.2, 0.25) is 11.8 Å². The first-order valence-corrected chi connectivity index (χ1v) is 7.26. The van der Waals surface area contributed by atoms with E-state index in [1.807, 2.05) is 18.2 Å². The summed E-state index contributed by atoms with van der Waals surface area (Å²) in [6.45, 7) is 0.141. The van der Waals surface area contributed by atoms with E-state index in [1.54, 1.807) is 19.4 Å². The number of hydrogen-bond acceptors (Lipinski definition) is 3. The third kappa shape index (κ3) is 3.16. The number of hydrogen-bond donors (Lipinski definition) is 2. The normalized spacial score (nSPS) is 19.5. The van der Waals surface area contributed by atoms with Crippen LogP contribution >= 0.6 is 0 Å². The first-order chi connectivity index (χ1) is 10.7. The van der Waals surface area contributed by atoms with Crippen molar-refractivity contribution in [1.29, 1.82) is 0 Å². The second-order valence-electron chi connectivity index (χ2n) is 5.45. The third-order valence-corrected chi connectivity index (χ3v) is 3.84. The van der Waals surface area contributed by atoms with Crippen molar-refractivity contribution in [3.05, 3.63) is 48.3 Å². The third-order valence-electron chi connectivity index (χ3n) is 3.84. The number of aromatic nitrogens is 2. The summed E-state index contributed by atoms with van der Waals surface area (Å²) in [5, 5.41) is 9.45. The molecule has 6 nitrogen and oxygen atoms in total. The lowest BCUT2D eigenvalue weighted by Gasteiger charge is -2.02. The summed E-state index contributed by atoms with van der Waals surface area (Å²) in [6, 6.07) is 10.1. The molecule has 1 aromatic carbocycles. The Hall–Kier alpha value is -2.63. The number of likely N-dealkylation sites (N-methyl/N-ethyl adjacent to an activating group) is 1. The maximum Gasteiger partial charge on any atom is 0.241 e. The lowest BCUT2D eigenvalue weighted by Crippen LogP contribution is -2.23. The van der Waals surface area contributed by atoms with Gasteiger partial charge in [0.05, 0.1) is 11.9 Å². The Morgan fingerprint density at radius 3 is 2.82 bits per heavy atom. The van der Waals surface area contributed by atoms with Gasteiger partial charge in [0.25, 0.3) is 0 Å². The fourth-order valence-corrected chi connectivity index (χ4v) is 2.53. The van der Waals surface area contributed by atoms with Crippen LogP contribution in [0.2, 0.25) is 0 Å². The molecule has 3 rings (SSSR count). The van der Waals surface area contributed by atoms with Crippen molar-refractivity contribution in [3.8, 4) is 0 Å². The van der Waals surface area contributed by atoms with Crippen molar-refractivity contribution in [2.24, 2.45) is 5.92 Å². The molecular formula is C16H18N4O2. The Morgan fingerprint density at radius 1 is 1.32 bits per heavy atom. The summed E-state index contributed by atoms with van der Waals surface area (Å²) in [5.74, 6) is 0.201. The van der Waals surface area contributed by atoms with Crippen LogP contribution in [0.3, 0.4) is 0 Å². The van der Waals surface area contributed by atoms with Crippen LogP contribution in [0.15, 0.2) is 42.7 Å². The summed E-state index contributed by atoms with van der Waals surface area (Å²) < 4.78 is 1.50. The molecule has 1 saturated carbocycles. The minimum Gasteiger partial charge on any atom is -0.358 e. The van der Waals surface area contributed by atoms with Crippen LogP contribution in [-0.4, -0.2) is 28.6 Å². The Labute approximate surface area is 128 Å². The van der Waals surface area contributed by atoms with Crippen molar-refractivity contribution >= 4 is 17.5 Å². The zero-order valence-electron chi connectivity index (χ0n) is 12.3. The van der Waals surface area contributed by atoms with Gasteiger partial charge in [0.1, 0.15) is 6.54 Å². The topological polar surface area (TPSA) is 76.0 Å². The fraction of sp³-hybridized carbons (Fsp3) is 0.312. The van der Waals surface area contributed by atoms with Gasteiger partial charge in [-0.25, -0.2) is 0 Å². The van der Waals surface area contributed by atoms with E-state index in [2.05, 4.69) is 27.9 Å². The molecule has 22 heavy (non-hydrogen) atoms. The summed E-state index contributed by atoms with van der Waals surface area (Å²) >= 11 is 0. The molecule has 1 aliphatic carbocycles. The molecule has 1 fully saturated rings. The zero-order valence-corrected chi connectivity index (χ0v) is 12.3. The highest BCUT2D eigenvalue weighted by Gasteiger charge is 2.43. The average Bonchev–Trinajstić information content (AvgIpc) is 3.24. The quantitative estimate of drug-likeness (QED) is 0.875. The Bertz CT molecular complexity index is 680. The van der Waals surface area contributed by atoms with E-state index >= 15 is 0 Å². The second kappa shape index (κ2) is 6.01. The molecule has 2 N–H and O–H groups in total. The molecule has 0 radical (unpaired) electrons. The van der Waals surface area contributed by atoms with Gasteiger partial charge in [0, 0.05) is 19.2 Å². The molecule has 1 heterocycles. The van der Waals surface area contributed by atoms with E-state index in [9.17, 15) is 9.59 Å². The number of rotatable bonds is 5. The SMILES string of the molecule is CNC(=O)Cn1cc(NC(=O)[C@@H]2C[C@H]2c2ccccc2)cn1. The van der Waals surface area contributed by atoms with E-state index in [0.29, 0.717) is 11.6 Å². The molecule has 6 heteroatoms. The first-order valence-electron chi connectivity index (χ1n) is 7.26. The van der Waals surface area contributed by atoms with Gasteiger partial charge in [-0.1, -0.05) is 30.3 Å². The lowest BCUT2D eigenvalue weighted by molar-refractivity contribution is -0.121. The van der Waals surface area contributed by atoms with Gasteiger partial charge in [-0.3, -0.25) is 14.3 Å². The molecule has 0 unspecified atom stereocenters. The highest BCUT2D eigenvalue weighted by molar-refractivity contribution is 5.95. The molecule has 0 bridgehead atoms. The van der Waals surface area contributed by atoms with Gasteiger partial charge in [-0.2, -0.15) is 5.10 Å². The highest BCUT2D eigenvalue weighted by Crippen LogP contribution is 2.47. The number of carbonyl (C=O) groups is 2. The molecular weight excluding hydrogens is 280 g/mol. The van der Waals surface area contributed by atoms with Crippen LogP contribution in [0.4, 0.5) is 5.69 Å². The molecule has 2 aromatic rings. The molecule has 1 aromatic heterocycles. The molecule has 2 atom stereocenters. The number of anilines is 1. The smallest absolute Gasteiger partial charge is 0.241 e. The van der Waals surface area contributed by atoms with E-state index in [1.165, 1.54) is 10.2 Å². The number of amides is 2. The molecule has 1 aliphatic rings. The van der Waals surface area contributed by atoms with Gasteiger partial charge in [0.15, 0.2) is 0 Å². The Balaban J connectivity index is 1.56. The summed E-state index contributed by atoms with van der Waals surface area (Å²) in [6.07, 6.45) is 4.09. The van der Waals surface area contributed by atoms with Crippen LogP contribution in [0, 0.1) is 5.92 Å². The van der Waals surface area contributed by atoms with Gasteiger partial charge in [-0.15, -0.1) is 0 Å². The van der Waals surface area contributed by atoms with Gasteiger partial charge < -0.3 is 10.6 Å². The van der Waals surface area contributed by atoms with Crippen molar-refractivity contribution < 1.29 is 9.59 Å². The van der Waals surface area contributed by atoms with Crippen molar-refractivity contribution in [2.45, 2.75) is 18.9 Å². The van der Waals surface area contributed by atoms with E-state index in [0.717, 1.165) is 6.42 Å². The maximum atomic E-state index is 12.2. The number of carbonyl (C=O) groups excluding carboxylic acids is 2. The lowest BCUT2D eigenvalue weighted by atomic mass is 10.1. The minimum atomic E-state index is -0.132. The largest absolute Gasteiger partial charge is 0.358 e. The van der Waals surface area contributed by atoms with E-state index in [-0.39, 0.29) is 24.3 Å². The number of benzene rings is 1.